The third-order valence-corrected chi connectivity index (χ3v) is 4.59. The number of rotatable bonds is 13. The van der Waals surface area contributed by atoms with Gasteiger partial charge in [-0.15, -0.1) is 12.4 Å². The number of aliphatic hydroxyl groups excluding tert-OH is 1. The van der Waals surface area contributed by atoms with E-state index in [1.807, 2.05) is 12.1 Å². The van der Waals surface area contributed by atoms with Crippen LogP contribution in [-0.4, -0.2) is 23.9 Å². The Balaban J connectivity index is 0.00000576. The normalized spacial score (nSPS) is 13.4. The van der Waals surface area contributed by atoms with Crippen LogP contribution in [-0.2, 0) is 6.42 Å². The summed E-state index contributed by atoms with van der Waals surface area (Å²) in [5.41, 5.74) is 7.04. The molecule has 0 bridgehead atoms. The van der Waals surface area contributed by atoms with Gasteiger partial charge in [-0.2, -0.15) is 0 Å². The van der Waals surface area contributed by atoms with E-state index in [2.05, 4.69) is 32.9 Å². The molecule has 25 heavy (non-hydrogen) atoms. The highest BCUT2D eigenvalue weighted by molar-refractivity contribution is 5.85. The average Bonchev–Trinajstić information content (AvgIpc) is 2.57. The first-order chi connectivity index (χ1) is 11.5. The van der Waals surface area contributed by atoms with E-state index in [-0.39, 0.29) is 19.0 Å². The van der Waals surface area contributed by atoms with Crippen molar-refractivity contribution in [1.29, 1.82) is 0 Å². The lowest BCUT2D eigenvalue weighted by Crippen LogP contribution is -2.43. The van der Waals surface area contributed by atoms with Crippen molar-refractivity contribution in [3.05, 3.63) is 29.8 Å². The van der Waals surface area contributed by atoms with Crippen molar-refractivity contribution in [3.8, 4) is 5.75 Å². The molecule has 1 aromatic rings. The van der Waals surface area contributed by atoms with Crippen LogP contribution in [0.15, 0.2) is 24.3 Å². The number of hydrogen-bond acceptors (Lipinski definition) is 3. The summed E-state index contributed by atoms with van der Waals surface area (Å²) in [6.07, 6.45) is 8.54. The van der Waals surface area contributed by atoms with E-state index < -0.39 is 5.54 Å². The van der Waals surface area contributed by atoms with Gasteiger partial charge in [-0.3, -0.25) is 0 Å². The molecule has 0 unspecified atom stereocenters. The summed E-state index contributed by atoms with van der Waals surface area (Å²) < 4.78 is 5.81. The summed E-state index contributed by atoms with van der Waals surface area (Å²) in [6.45, 7) is 7.50. The Hall–Kier alpha value is -0.770. The molecule has 1 aromatic carbocycles. The second-order valence-electron chi connectivity index (χ2n) is 7.51. The van der Waals surface area contributed by atoms with Crippen molar-refractivity contribution in [2.45, 2.75) is 77.7 Å². The number of benzene rings is 1. The lowest BCUT2D eigenvalue weighted by Gasteiger charge is -2.26. The number of halogens is 1. The number of ether oxygens (including phenoxy) is 1. The van der Waals surface area contributed by atoms with Gasteiger partial charge in [-0.25, -0.2) is 0 Å². The van der Waals surface area contributed by atoms with Crippen LogP contribution in [0.25, 0.3) is 0 Å². The summed E-state index contributed by atoms with van der Waals surface area (Å²) >= 11 is 0. The van der Waals surface area contributed by atoms with Gasteiger partial charge in [-0.1, -0.05) is 58.6 Å². The van der Waals surface area contributed by atoms with E-state index in [4.69, 9.17) is 10.5 Å². The maximum absolute atomic E-state index is 9.48. The lowest BCUT2D eigenvalue weighted by molar-refractivity contribution is 0.177. The topological polar surface area (TPSA) is 55.5 Å². The van der Waals surface area contributed by atoms with Gasteiger partial charge < -0.3 is 15.6 Å². The molecule has 0 radical (unpaired) electrons. The summed E-state index contributed by atoms with van der Waals surface area (Å²) in [5, 5.41) is 9.48. The summed E-state index contributed by atoms with van der Waals surface area (Å²) in [4.78, 5) is 0. The molecule has 0 fully saturated rings. The van der Waals surface area contributed by atoms with Crippen LogP contribution in [0.1, 0.15) is 71.3 Å². The molecule has 3 nitrogen and oxygen atoms in total. The zero-order valence-electron chi connectivity index (χ0n) is 16.3. The van der Waals surface area contributed by atoms with Crippen molar-refractivity contribution in [1.82, 2.24) is 0 Å². The molecule has 3 N–H and O–H groups in total. The second-order valence-corrected chi connectivity index (χ2v) is 7.51. The van der Waals surface area contributed by atoms with Crippen molar-refractivity contribution >= 4 is 12.4 Å². The van der Waals surface area contributed by atoms with Crippen LogP contribution in [0.4, 0.5) is 0 Å². The van der Waals surface area contributed by atoms with Crippen LogP contribution in [0.3, 0.4) is 0 Å². The van der Waals surface area contributed by atoms with E-state index in [0.29, 0.717) is 0 Å². The van der Waals surface area contributed by atoms with Gasteiger partial charge in [0, 0.05) is 5.54 Å². The smallest absolute Gasteiger partial charge is 0.119 e. The Morgan fingerprint density at radius 1 is 1.08 bits per heavy atom. The van der Waals surface area contributed by atoms with Gasteiger partial charge in [0.25, 0.3) is 0 Å². The number of aryl methyl sites for hydroxylation is 1. The van der Waals surface area contributed by atoms with Gasteiger partial charge in [0.05, 0.1) is 13.2 Å². The molecular formula is C21H38ClNO2. The van der Waals surface area contributed by atoms with Crippen molar-refractivity contribution < 1.29 is 9.84 Å². The van der Waals surface area contributed by atoms with E-state index in [0.717, 1.165) is 50.4 Å². The average molecular weight is 372 g/mol. The molecule has 0 amide bonds. The Bertz CT molecular complexity index is 436. The summed E-state index contributed by atoms with van der Waals surface area (Å²) in [7, 11) is 0. The number of unbranched alkanes of at least 4 members (excludes halogenated alkanes) is 2. The molecule has 0 spiro atoms. The van der Waals surface area contributed by atoms with E-state index in [9.17, 15) is 5.11 Å². The lowest BCUT2D eigenvalue weighted by atomic mass is 9.89. The highest BCUT2D eigenvalue weighted by atomic mass is 35.5. The largest absolute Gasteiger partial charge is 0.494 e. The summed E-state index contributed by atoms with van der Waals surface area (Å²) in [6, 6.07) is 8.30. The minimum Gasteiger partial charge on any atom is -0.494 e. The predicted octanol–water partition coefficient (Wildman–Crippen LogP) is 5.13. The fraction of sp³-hybridized carbons (Fsp3) is 0.714. The molecule has 0 saturated carbocycles. The Labute approximate surface area is 160 Å². The van der Waals surface area contributed by atoms with E-state index in [1.165, 1.54) is 24.8 Å². The monoisotopic (exact) mass is 371 g/mol. The van der Waals surface area contributed by atoms with Crippen LogP contribution in [0.2, 0.25) is 0 Å². The van der Waals surface area contributed by atoms with Crippen molar-refractivity contribution in [2.75, 3.05) is 13.2 Å². The van der Waals surface area contributed by atoms with Gasteiger partial charge >= 0.3 is 0 Å². The Morgan fingerprint density at radius 2 is 1.76 bits per heavy atom. The summed E-state index contributed by atoms with van der Waals surface area (Å²) in [5.74, 6) is 1.74. The first-order valence-electron chi connectivity index (χ1n) is 9.60. The van der Waals surface area contributed by atoms with Crippen LogP contribution in [0.5, 0.6) is 5.75 Å². The first-order valence-corrected chi connectivity index (χ1v) is 9.60. The molecule has 0 aliphatic rings. The zero-order chi connectivity index (χ0) is 17.8. The van der Waals surface area contributed by atoms with E-state index in [1.54, 1.807) is 0 Å². The van der Waals surface area contributed by atoms with Gasteiger partial charge in [0.1, 0.15) is 5.75 Å². The Kier molecular flexibility index (Phi) is 13.0. The van der Waals surface area contributed by atoms with Crippen LogP contribution in [0, 0.1) is 5.92 Å². The molecule has 0 heterocycles. The molecule has 0 aliphatic heterocycles. The third kappa shape index (κ3) is 10.7. The molecule has 1 atom stereocenters. The number of aliphatic hydroxyl groups is 1. The number of hydrogen-bond donors (Lipinski definition) is 2. The first kappa shape index (κ1) is 24.2. The third-order valence-electron chi connectivity index (χ3n) is 4.59. The maximum atomic E-state index is 9.48. The molecular weight excluding hydrogens is 334 g/mol. The van der Waals surface area contributed by atoms with E-state index >= 15 is 0 Å². The minimum atomic E-state index is -0.445. The van der Waals surface area contributed by atoms with Gasteiger partial charge in [-0.05, 0) is 49.3 Å². The molecule has 4 heteroatoms. The predicted molar refractivity (Wildman–Crippen MR) is 110 cm³/mol. The highest BCUT2D eigenvalue weighted by Gasteiger charge is 2.22. The SMILES string of the molecule is CCC[C@@](N)(CO)CCc1ccc(OCCCCCC(C)C)cc1.Cl. The standard InChI is InChI=1S/C21H37NO2.ClH/c1-4-14-21(22,17-23)15-13-19-9-11-20(12-10-19)24-16-7-5-6-8-18(2)3;/h9-12,18,23H,4-8,13-17,22H2,1-3H3;1H/t21-;/m0./s1. The molecule has 1 rings (SSSR count). The van der Waals surface area contributed by atoms with Crippen molar-refractivity contribution in [3.63, 3.8) is 0 Å². The fourth-order valence-electron chi connectivity index (χ4n) is 2.95. The number of nitrogens with two attached hydrogens (primary N) is 1. The second kappa shape index (κ2) is 13.4. The van der Waals surface area contributed by atoms with Gasteiger partial charge in [0.15, 0.2) is 0 Å². The molecule has 0 aromatic heterocycles. The van der Waals surface area contributed by atoms with Gasteiger partial charge in [0.2, 0.25) is 0 Å². The maximum Gasteiger partial charge on any atom is 0.119 e. The quantitative estimate of drug-likeness (QED) is 0.473. The minimum absolute atomic E-state index is 0. The van der Waals surface area contributed by atoms with Crippen LogP contribution >= 0.6 is 12.4 Å². The highest BCUT2D eigenvalue weighted by Crippen LogP contribution is 2.19. The zero-order valence-corrected chi connectivity index (χ0v) is 17.1. The molecule has 0 aliphatic carbocycles. The fourth-order valence-corrected chi connectivity index (χ4v) is 2.95. The van der Waals surface area contributed by atoms with Crippen molar-refractivity contribution in [2.24, 2.45) is 11.7 Å². The van der Waals surface area contributed by atoms with Crippen LogP contribution < -0.4 is 10.5 Å². The molecule has 146 valence electrons. The molecule has 0 saturated heterocycles. The Morgan fingerprint density at radius 3 is 2.32 bits per heavy atom.